The standard InChI is InChI=1S/C14H19N3S/c1-2-17-10-8-16-14(17)12-15-9-11-18-13-6-4-3-5-7-13/h3-8,10,15H,2,9,11-12H2,1H3. The van der Waals surface area contributed by atoms with E-state index in [0.29, 0.717) is 0 Å². The number of imidazole rings is 1. The third-order valence-electron chi connectivity index (χ3n) is 2.72. The summed E-state index contributed by atoms with van der Waals surface area (Å²) >= 11 is 1.88. The average molecular weight is 261 g/mol. The summed E-state index contributed by atoms with van der Waals surface area (Å²) in [5.41, 5.74) is 0. The summed E-state index contributed by atoms with van der Waals surface area (Å²) in [6, 6.07) is 10.5. The fourth-order valence-electron chi connectivity index (χ4n) is 1.75. The van der Waals surface area contributed by atoms with Gasteiger partial charge in [0.05, 0.1) is 6.54 Å². The zero-order valence-corrected chi connectivity index (χ0v) is 11.5. The van der Waals surface area contributed by atoms with E-state index in [1.807, 2.05) is 30.2 Å². The number of aromatic nitrogens is 2. The predicted molar refractivity (Wildman–Crippen MR) is 76.8 cm³/mol. The molecule has 1 aromatic carbocycles. The van der Waals surface area contributed by atoms with Crippen LogP contribution in [-0.2, 0) is 13.1 Å². The van der Waals surface area contributed by atoms with Crippen LogP contribution in [0.2, 0.25) is 0 Å². The first-order chi connectivity index (χ1) is 8.90. The second kappa shape index (κ2) is 7.24. The molecule has 4 heteroatoms. The number of thioether (sulfide) groups is 1. The van der Waals surface area contributed by atoms with Crippen molar-refractivity contribution in [1.29, 1.82) is 0 Å². The normalized spacial score (nSPS) is 10.7. The van der Waals surface area contributed by atoms with Gasteiger partial charge in [0.2, 0.25) is 0 Å². The van der Waals surface area contributed by atoms with Gasteiger partial charge in [-0.2, -0.15) is 0 Å². The van der Waals surface area contributed by atoms with Gasteiger partial charge in [0, 0.05) is 36.1 Å². The summed E-state index contributed by atoms with van der Waals surface area (Å²) in [5.74, 6) is 2.19. The minimum absolute atomic E-state index is 0.843. The Morgan fingerprint density at radius 3 is 2.89 bits per heavy atom. The van der Waals surface area contributed by atoms with E-state index in [-0.39, 0.29) is 0 Å². The Morgan fingerprint density at radius 1 is 1.28 bits per heavy atom. The molecule has 1 aromatic heterocycles. The third kappa shape index (κ3) is 3.89. The molecule has 0 spiro atoms. The Morgan fingerprint density at radius 2 is 2.11 bits per heavy atom. The van der Waals surface area contributed by atoms with E-state index in [9.17, 15) is 0 Å². The molecule has 0 bridgehead atoms. The van der Waals surface area contributed by atoms with Crippen LogP contribution in [0.15, 0.2) is 47.6 Å². The molecule has 2 rings (SSSR count). The van der Waals surface area contributed by atoms with Crippen LogP contribution in [-0.4, -0.2) is 21.8 Å². The molecule has 0 unspecified atom stereocenters. The van der Waals surface area contributed by atoms with E-state index < -0.39 is 0 Å². The highest BCUT2D eigenvalue weighted by Gasteiger charge is 1.99. The summed E-state index contributed by atoms with van der Waals surface area (Å²) < 4.78 is 2.16. The lowest BCUT2D eigenvalue weighted by Gasteiger charge is -2.06. The second-order valence-electron chi connectivity index (χ2n) is 3.97. The maximum atomic E-state index is 4.34. The van der Waals surface area contributed by atoms with Gasteiger partial charge in [-0.05, 0) is 19.1 Å². The predicted octanol–water partition coefficient (Wildman–Crippen LogP) is 2.78. The Balaban J connectivity index is 1.65. The molecule has 1 heterocycles. The molecular weight excluding hydrogens is 242 g/mol. The first-order valence-electron chi connectivity index (χ1n) is 6.28. The summed E-state index contributed by atoms with van der Waals surface area (Å²) in [6.07, 6.45) is 3.88. The number of hydrogen-bond donors (Lipinski definition) is 1. The highest BCUT2D eigenvalue weighted by Crippen LogP contribution is 2.15. The molecule has 0 saturated heterocycles. The molecule has 0 saturated carbocycles. The second-order valence-corrected chi connectivity index (χ2v) is 5.14. The third-order valence-corrected chi connectivity index (χ3v) is 3.73. The molecule has 0 aliphatic carbocycles. The molecular formula is C14H19N3S. The number of nitrogens with one attached hydrogen (secondary N) is 1. The largest absolute Gasteiger partial charge is 0.334 e. The van der Waals surface area contributed by atoms with E-state index >= 15 is 0 Å². The van der Waals surface area contributed by atoms with Crippen molar-refractivity contribution in [3.8, 4) is 0 Å². The lowest BCUT2D eigenvalue weighted by molar-refractivity contribution is 0.631. The molecule has 1 N–H and O–H groups in total. The van der Waals surface area contributed by atoms with Gasteiger partial charge in [0.15, 0.2) is 0 Å². The zero-order chi connectivity index (χ0) is 12.6. The fraction of sp³-hybridized carbons (Fsp3) is 0.357. The van der Waals surface area contributed by atoms with Gasteiger partial charge in [-0.25, -0.2) is 4.98 Å². The first kappa shape index (κ1) is 13.2. The van der Waals surface area contributed by atoms with Gasteiger partial charge in [0.1, 0.15) is 5.82 Å². The molecule has 2 aromatic rings. The highest BCUT2D eigenvalue weighted by atomic mass is 32.2. The van der Waals surface area contributed by atoms with Crippen molar-refractivity contribution in [3.05, 3.63) is 48.5 Å². The van der Waals surface area contributed by atoms with Crippen LogP contribution in [0.5, 0.6) is 0 Å². The number of rotatable bonds is 7. The Labute approximate surface area is 113 Å². The maximum absolute atomic E-state index is 4.34. The van der Waals surface area contributed by atoms with Crippen molar-refractivity contribution in [2.45, 2.75) is 24.9 Å². The summed E-state index contributed by atoms with van der Waals surface area (Å²) in [5, 5.41) is 3.43. The summed E-state index contributed by atoms with van der Waals surface area (Å²) in [4.78, 5) is 5.66. The van der Waals surface area contributed by atoms with Crippen molar-refractivity contribution in [1.82, 2.24) is 14.9 Å². The monoisotopic (exact) mass is 261 g/mol. The number of benzene rings is 1. The topological polar surface area (TPSA) is 29.9 Å². The summed E-state index contributed by atoms with van der Waals surface area (Å²) in [6.45, 7) is 4.96. The molecule has 0 fully saturated rings. The molecule has 0 amide bonds. The SMILES string of the molecule is CCn1ccnc1CNCCSc1ccccc1. The lowest BCUT2D eigenvalue weighted by atomic mass is 10.4. The first-order valence-corrected chi connectivity index (χ1v) is 7.27. The molecule has 18 heavy (non-hydrogen) atoms. The Hall–Kier alpha value is -1.26. The van der Waals surface area contributed by atoms with Gasteiger partial charge in [-0.1, -0.05) is 18.2 Å². The molecule has 0 aliphatic rings. The van der Waals surface area contributed by atoms with Crippen molar-refractivity contribution >= 4 is 11.8 Å². The van der Waals surface area contributed by atoms with Crippen LogP contribution in [0, 0.1) is 0 Å². The van der Waals surface area contributed by atoms with Crippen LogP contribution in [0.1, 0.15) is 12.7 Å². The minimum atomic E-state index is 0.843. The molecule has 0 atom stereocenters. The van der Waals surface area contributed by atoms with Gasteiger partial charge in [-0.3, -0.25) is 0 Å². The molecule has 96 valence electrons. The maximum Gasteiger partial charge on any atom is 0.122 e. The summed E-state index contributed by atoms with van der Waals surface area (Å²) in [7, 11) is 0. The Bertz CT molecular complexity index is 453. The van der Waals surface area contributed by atoms with Crippen LogP contribution in [0.3, 0.4) is 0 Å². The molecule has 0 aliphatic heterocycles. The number of aryl methyl sites for hydroxylation is 1. The van der Waals surface area contributed by atoms with Crippen molar-refractivity contribution in [3.63, 3.8) is 0 Å². The van der Waals surface area contributed by atoms with Crippen molar-refractivity contribution < 1.29 is 0 Å². The highest BCUT2D eigenvalue weighted by molar-refractivity contribution is 7.99. The van der Waals surface area contributed by atoms with Gasteiger partial charge in [0.25, 0.3) is 0 Å². The number of hydrogen-bond acceptors (Lipinski definition) is 3. The Kier molecular flexibility index (Phi) is 5.30. The minimum Gasteiger partial charge on any atom is -0.334 e. The van der Waals surface area contributed by atoms with Crippen LogP contribution in [0.25, 0.3) is 0 Å². The zero-order valence-electron chi connectivity index (χ0n) is 10.7. The van der Waals surface area contributed by atoms with E-state index in [1.165, 1.54) is 4.90 Å². The van der Waals surface area contributed by atoms with Gasteiger partial charge in [-0.15, -0.1) is 11.8 Å². The van der Waals surface area contributed by atoms with Gasteiger partial charge >= 0.3 is 0 Å². The average Bonchev–Trinajstić information content (AvgIpc) is 2.87. The van der Waals surface area contributed by atoms with Crippen LogP contribution < -0.4 is 5.32 Å². The van der Waals surface area contributed by atoms with Crippen molar-refractivity contribution in [2.24, 2.45) is 0 Å². The lowest BCUT2D eigenvalue weighted by Crippen LogP contribution is -2.19. The van der Waals surface area contributed by atoms with E-state index in [4.69, 9.17) is 0 Å². The molecule has 3 nitrogen and oxygen atoms in total. The van der Waals surface area contributed by atoms with E-state index in [1.54, 1.807) is 0 Å². The fourth-order valence-corrected chi connectivity index (χ4v) is 2.58. The van der Waals surface area contributed by atoms with Crippen LogP contribution >= 0.6 is 11.8 Å². The van der Waals surface area contributed by atoms with E-state index in [2.05, 4.69) is 46.1 Å². The molecule has 0 radical (unpaired) electrons. The van der Waals surface area contributed by atoms with Crippen LogP contribution in [0.4, 0.5) is 0 Å². The van der Waals surface area contributed by atoms with Crippen molar-refractivity contribution in [2.75, 3.05) is 12.3 Å². The quantitative estimate of drug-likeness (QED) is 0.614. The smallest absolute Gasteiger partial charge is 0.122 e. The number of nitrogens with zero attached hydrogens (tertiary/aromatic N) is 2. The van der Waals surface area contributed by atoms with Gasteiger partial charge < -0.3 is 9.88 Å². The van der Waals surface area contributed by atoms with E-state index in [0.717, 1.165) is 31.2 Å².